The number of rotatable bonds is 18. The first-order valence-electron chi connectivity index (χ1n) is 11.3. The second-order valence-corrected chi connectivity index (χ2v) is 7.95. The largest absolute Gasteiger partial charge is 0.480 e. The van der Waals surface area contributed by atoms with Crippen LogP contribution in [0.25, 0.3) is 0 Å². The summed E-state index contributed by atoms with van der Waals surface area (Å²) in [5.41, 5.74) is 1.85. The summed E-state index contributed by atoms with van der Waals surface area (Å²) in [6.45, 7) is 1.63. The lowest BCUT2D eigenvalue weighted by atomic mass is 10.0. The lowest BCUT2D eigenvalue weighted by Crippen LogP contribution is -2.34. The zero-order valence-electron chi connectivity index (χ0n) is 18.1. The van der Waals surface area contributed by atoms with Crippen molar-refractivity contribution in [2.24, 2.45) is 0 Å². The fourth-order valence-electron chi connectivity index (χ4n) is 3.61. The number of aliphatic carboxylic acids is 2. The molecule has 5 heteroatoms. The van der Waals surface area contributed by atoms with E-state index in [4.69, 9.17) is 10.2 Å². The lowest BCUT2D eigenvalue weighted by Gasteiger charge is -2.20. The van der Waals surface area contributed by atoms with Crippen molar-refractivity contribution >= 4 is 17.6 Å². The number of carboxylic acid groups (broad SMARTS) is 2. The van der Waals surface area contributed by atoms with Gasteiger partial charge in [-0.15, -0.1) is 0 Å². The fourth-order valence-corrected chi connectivity index (χ4v) is 3.61. The summed E-state index contributed by atoms with van der Waals surface area (Å²) in [6, 6.07) is 7.60. The van der Waals surface area contributed by atoms with Gasteiger partial charge >= 0.3 is 11.9 Å². The van der Waals surface area contributed by atoms with Gasteiger partial charge in [0.1, 0.15) is 13.1 Å². The monoisotopic (exact) mass is 405 g/mol. The summed E-state index contributed by atoms with van der Waals surface area (Å²) in [7, 11) is 0. The van der Waals surface area contributed by atoms with Gasteiger partial charge in [0.15, 0.2) is 0 Å². The van der Waals surface area contributed by atoms with Gasteiger partial charge in [0.2, 0.25) is 0 Å². The van der Waals surface area contributed by atoms with Gasteiger partial charge < -0.3 is 15.1 Å². The Bertz CT molecular complexity index is 555. The van der Waals surface area contributed by atoms with Crippen molar-refractivity contribution in [3.05, 3.63) is 29.8 Å². The number of unbranched alkanes of at least 4 members (excludes halogenated alkanes) is 11. The first kappa shape index (κ1) is 25.0. The van der Waals surface area contributed by atoms with Crippen LogP contribution in [0.1, 0.15) is 89.5 Å². The molecule has 0 atom stereocenters. The minimum Gasteiger partial charge on any atom is -0.480 e. The number of hydrogen-bond acceptors (Lipinski definition) is 3. The number of benzene rings is 1. The van der Waals surface area contributed by atoms with Gasteiger partial charge in [-0.3, -0.25) is 9.59 Å². The molecule has 1 rings (SSSR count). The fraction of sp³-hybridized carbons (Fsp3) is 0.667. The average molecular weight is 406 g/mol. The molecule has 0 heterocycles. The topological polar surface area (TPSA) is 77.8 Å². The molecule has 5 nitrogen and oxygen atoms in total. The molecule has 0 bridgehead atoms. The van der Waals surface area contributed by atoms with E-state index in [1.54, 1.807) is 0 Å². The van der Waals surface area contributed by atoms with Crippen LogP contribution in [0, 0.1) is 0 Å². The summed E-state index contributed by atoms with van der Waals surface area (Å²) in [5.74, 6) is -2.07. The van der Waals surface area contributed by atoms with E-state index >= 15 is 0 Å². The van der Waals surface area contributed by atoms with Gasteiger partial charge in [0, 0.05) is 5.69 Å². The molecule has 0 saturated carbocycles. The van der Waals surface area contributed by atoms with Crippen LogP contribution in [0.5, 0.6) is 0 Å². The Morgan fingerprint density at radius 2 is 1.10 bits per heavy atom. The van der Waals surface area contributed by atoms with Crippen molar-refractivity contribution < 1.29 is 19.8 Å². The standard InChI is InChI=1S/C24H39NO4/c1-2-3-4-5-6-7-8-9-10-11-12-13-14-21-15-17-22(18-16-21)25(19-23(26)27)20-24(28)29/h15-18H,2-14,19-20H2,1H3,(H,26,27)(H,28,29). The number of aryl methyl sites for hydroxylation is 1. The van der Waals surface area contributed by atoms with Crippen LogP contribution < -0.4 is 4.90 Å². The first-order valence-corrected chi connectivity index (χ1v) is 11.3. The van der Waals surface area contributed by atoms with Crippen molar-refractivity contribution in [3.8, 4) is 0 Å². The van der Waals surface area contributed by atoms with Gasteiger partial charge in [-0.1, -0.05) is 89.7 Å². The molecule has 29 heavy (non-hydrogen) atoms. The van der Waals surface area contributed by atoms with E-state index in [9.17, 15) is 9.59 Å². The maximum Gasteiger partial charge on any atom is 0.323 e. The van der Waals surface area contributed by atoms with E-state index in [1.807, 2.05) is 24.3 Å². The molecular weight excluding hydrogens is 366 g/mol. The molecule has 0 unspecified atom stereocenters. The second kappa shape index (κ2) is 15.8. The predicted molar refractivity (Wildman–Crippen MR) is 119 cm³/mol. The van der Waals surface area contributed by atoms with Gasteiger partial charge in [0.25, 0.3) is 0 Å². The van der Waals surface area contributed by atoms with E-state index in [-0.39, 0.29) is 13.1 Å². The normalized spacial score (nSPS) is 10.8. The van der Waals surface area contributed by atoms with E-state index in [0.29, 0.717) is 5.69 Å². The van der Waals surface area contributed by atoms with Crippen molar-refractivity contribution in [1.29, 1.82) is 0 Å². The third kappa shape index (κ3) is 12.9. The van der Waals surface area contributed by atoms with E-state index < -0.39 is 11.9 Å². The Labute approximate surface area is 176 Å². The number of carbonyl (C=O) groups is 2. The van der Waals surface area contributed by atoms with Crippen molar-refractivity contribution in [3.63, 3.8) is 0 Å². The molecule has 0 fully saturated rings. The Morgan fingerprint density at radius 3 is 1.52 bits per heavy atom. The molecule has 1 aromatic carbocycles. The van der Waals surface area contributed by atoms with Crippen LogP contribution in [0.15, 0.2) is 24.3 Å². The molecule has 0 saturated heterocycles. The van der Waals surface area contributed by atoms with E-state index in [2.05, 4.69) is 6.92 Å². The zero-order chi connectivity index (χ0) is 21.3. The molecule has 0 aliphatic carbocycles. The number of hydrogen-bond donors (Lipinski definition) is 2. The summed E-state index contributed by atoms with van der Waals surface area (Å²) in [6.07, 6.45) is 17.0. The highest BCUT2D eigenvalue weighted by molar-refractivity contribution is 5.79. The molecule has 2 N–H and O–H groups in total. The second-order valence-electron chi connectivity index (χ2n) is 7.95. The molecule has 0 aromatic heterocycles. The quantitative estimate of drug-likeness (QED) is 0.297. The highest BCUT2D eigenvalue weighted by Crippen LogP contribution is 2.17. The average Bonchev–Trinajstić information content (AvgIpc) is 2.68. The Morgan fingerprint density at radius 1 is 0.690 bits per heavy atom. The zero-order valence-corrected chi connectivity index (χ0v) is 18.1. The maximum absolute atomic E-state index is 10.9. The summed E-state index contributed by atoms with van der Waals surface area (Å²) >= 11 is 0. The van der Waals surface area contributed by atoms with Crippen molar-refractivity contribution in [2.45, 2.75) is 90.4 Å². The molecule has 0 aliphatic heterocycles. The SMILES string of the molecule is CCCCCCCCCCCCCCc1ccc(N(CC(=O)O)CC(=O)O)cc1. The molecule has 164 valence electrons. The van der Waals surface area contributed by atoms with E-state index in [0.717, 1.165) is 12.8 Å². The van der Waals surface area contributed by atoms with Gasteiger partial charge in [-0.25, -0.2) is 0 Å². The van der Waals surface area contributed by atoms with Gasteiger partial charge in [-0.05, 0) is 30.5 Å². The van der Waals surface area contributed by atoms with Crippen LogP contribution in [0.2, 0.25) is 0 Å². The third-order valence-electron chi connectivity index (χ3n) is 5.27. The van der Waals surface area contributed by atoms with Crippen LogP contribution in [0.3, 0.4) is 0 Å². The van der Waals surface area contributed by atoms with Crippen LogP contribution in [-0.4, -0.2) is 35.2 Å². The Kier molecular flexibility index (Phi) is 13.6. The van der Waals surface area contributed by atoms with Gasteiger partial charge in [-0.2, -0.15) is 0 Å². The predicted octanol–water partition coefficient (Wildman–Crippen LogP) is 5.91. The minimum absolute atomic E-state index is 0.315. The Balaban J connectivity index is 2.16. The first-order chi connectivity index (χ1) is 14.0. The van der Waals surface area contributed by atoms with Crippen molar-refractivity contribution in [2.75, 3.05) is 18.0 Å². The number of nitrogens with zero attached hydrogens (tertiary/aromatic N) is 1. The molecule has 0 amide bonds. The van der Waals surface area contributed by atoms with Crippen LogP contribution in [-0.2, 0) is 16.0 Å². The van der Waals surface area contributed by atoms with Crippen LogP contribution in [0.4, 0.5) is 5.69 Å². The molecule has 1 aromatic rings. The highest BCUT2D eigenvalue weighted by atomic mass is 16.4. The summed E-state index contributed by atoms with van der Waals surface area (Å²) in [5, 5.41) is 17.9. The smallest absolute Gasteiger partial charge is 0.323 e. The minimum atomic E-state index is -1.04. The maximum atomic E-state index is 10.9. The van der Waals surface area contributed by atoms with Gasteiger partial charge in [0.05, 0.1) is 0 Å². The highest BCUT2D eigenvalue weighted by Gasteiger charge is 2.14. The summed E-state index contributed by atoms with van der Waals surface area (Å²) < 4.78 is 0. The molecular formula is C24H39NO4. The third-order valence-corrected chi connectivity index (χ3v) is 5.27. The summed E-state index contributed by atoms with van der Waals surface area (Å²) in [4.78, 5) is 23.2. The molecule has 0 aliphatic rings. The van der Waals surface area contributed by atoms with Crippen molar-refractivity contribution in [1.82, 2.24) is 0 Å². The number of carboxylic acids is 2. The molecule has 0 spiro atoms. The van der Waals surface area contributed by atoms with E-state index in [1.165, 1.54) is 81.1 Å². The molecule has 0 radical (unpaired) electrons. The lowest BCUT2D eigenvalue weighted by molar-refractivity contribution is -0.136. The Hall–Kier alpha value is -2.04. The number of anilines is 1. The van der Waals surface area contributed by atoms with Crippen LogP contribution >= 0.6 is 0 Å².